The second-order valence-electron chi connectivity index (χ2n) is 11.2. The number of nitrogens with zero attached hydrogens (tertiary/aromatic N) is 4. The van der Waals surface area contributed by atoms with Crippen LogP contribution in [0.5, 0.6) is 0 Å². The van der Waals surface area contributed by atoms with Gasteiger partial charge in [0, 0.05) is 60.1 Å². The zero-order chi connectivity index (χ0) is 26.4. The summed E-state index contributed by atoms with van der Waals surface area (Å²) in [4.78, 5) is 17.7. The van der Waals surface area contributed by atoms with E-state index in [0.717, 1.165) is 24.2 Å². The normalized spacial score (nSPS) is 21.2. The molecule has 2 atom stereocenters. The smallest absolute Gasteiger partial charge is 0.298 e. The van der Waals surface area contributed by atoms with Gasteiger partial charge >= 0.3 is 0 Å². The van der Waals surface area contributed by atoms with Gasteiger partial charge in [-0.15, -0.1) is 0 Å². The maximum absolute atomic E-state index is 15.4. The van der Waals surface area contributed by atoms with E-state index in [1.165, 1.54) is 24.3 Å². The van der Waals surface area contributed by atoms with Crippen molar-refractivity contribution in [3.8, 4) is 0 Å². The number of hydrogen-bond acceptors (Lipinski definition) is 4. The Labute approximate surface area is 224 Å². The lowest BCUT2D eigenvalue weighted by Crippen LogP contribution is -2.59. The molecule has 6 nitrogen and oxygen atoms in total. The molecule has 204 valence electrons. The first-order valence-electron chi connectivity index (χ1n) is 12.9. The second-order valence-corrected chi connectivity index (χ2v) is 11.2. The van der Waals surface area contributed by atoms with Crippen molar-refractivity contribution in [2.75, 3.05) is 31.1 Å². The number of alkyl halides is 2. The van der Waals surface area contributed by atoms with Crippen molar-refractivity contribution in [1.82, 2.24) is 20.0 Å². The molecule has 0 bridgehead atoms. The Kier molecular flexibility index (Phi) is 7.77. The molecule has 1 fully saturated rings. The Morgan fingerprint density at radius 1 is 1.16 bits per heavy atom. The third-order valence-electron chi connectivity index (χ3n) is 7.60. The highest BCUT2D eigenvalue weighted by atomic mass is 19.3. The number of amides is 1. The lowest BCUT2D eigenvalue weighted by molar-refractivity contribution is -0.120. The van der Waals surface area contributed by atoms with Crippen LogP contribution in [0.3, 0.4) is 0 Å². The van der Waals surface area contributed by atoms with E-state index < -0.39 is 5.92 Å². The topological polar surface area (TPSA) is 53.4 Å². The molecular weight excluding hydrogens is 484 g/mol. The van der Waals surface area contributed by atoms with Crippen molar-refractivity contribution in [3.63, 3.8) is 0 Å². The van der Waals surface area contributed by atoms with Crippen molar-refractivity contribution >= 4 is 11.6 Å². The number of hydrogen-bond donors (Lipinski definition) is 1. The summed E-state index contributed by atoms with van der Waals surface area (Å²) in [5.74, 6) is -3.22. The average molecular weight is 524 g/mol. The van der Waals surface area contributed by atoms with E-state index in [4.69, 9.17) is 0 Å². The zero-order valence-corrected chi connectivity index (χ0v) is 21.9. The van der Waals surface area contributed by atoms with Crippen LogP contribution in [0.25, 0.3) is 0 Å². The van der Waals surface area contributed by atoms with Crippen LogP contribution >= 0.6 is 0 Å². The number of piperazine rings is 1. The van der Waals surface area contributed by atoms with E-state index in [-0.39, 0.29) is 48.5 Å². The van der Waals surface area contributed by atoms with Gasteiger partial charge in [0.25, 0.3) is 5.92 Å². The number of nitrogens with one attached hydrogen (secondary N) is 1. The maximum atomic E-state index is 15.4. The van der Waals surface area contributed by atoms with Crippen LogP contribution in [0.1, 0.15) is 50.5 Å². The Hall–Kier alpha value is -3.10. The number of anilines is 1. The van der Waals surface area contributed by atoms with Gasteiger partial charge in [0.1, 0.15) is 0 Å². The summed E-state index contributed by atoms with van der Waals surface area (Å²) >= 11 is 0. The molecule has 1 amide bonds. The van der Waals surface area contributed by atoms with Crippen molar-refractivity contribution in [3.05, 3.63) is 83.2 Å². The minimum absolute atomic E-state index is 0. The predicted octanol–water partition coefficient (Wildman–Crippen LogP) is 4.95. The highest BCUT2D eigenvalue weighted by Crippen LogP contribution is 2.44. The molecule has 0 saturated carbocycles. The lowest BCUT2D eigenvalue weighted by atomic mass is 9.86. The van der Waals surface area contributed by atoms with Crippen LogP contribution in [0, 0.1) is 6.92 Å². The first-order chi connectivity index (χ1) is 17.5. The van der Waals surface area contributed by atoms with E-state index in [2.05, 4.69) is 36.1 Å². The number of carbonyl (C=O) groups excluding carboxylic acids is 1. The quantitative estimate of drug-likeness (QED) is 0.497. The van der Waals surface area contributed by atoms with Crippen LogP contribution in [0.4, 0.5) is 14.5 Å². The van der Waals surface area contributed by atoms with Crippen LogP contribution in [-0.2, 0) is 22.7 Å². The van der Waals surface area contributed by atoms with Gasteiger partial charge in [0.05, 0.1) is 19.3 Å². The van der Waals surface area contributed by atoms with Crippen molar-refractivity contribution in [2.45, 2.75) is 65.1 Å². The number of fused-ring (bicyclic) bond motifs is 1. The van der Waals surface area contributed by atoms with Crippen LogP contribution < -0.4 is 10.2 Å². The summed E-state index contributed by atoms with van der Waals surface area (Å²) < 4.78 is 32.8. The van der Waals surface area contributed by atoms with Gasteiger partial charge in [0.15, 0.2) is 0 Å². The summed E-state index contributed by atoms with van der Waals surface area (Å²) in [7, 11) is 0. The molecule has 2 aliphatic heterocycles. The van der Waals surface area contributed by atoms with Gasteiger partial charge in [-0.3, -0.25) is 14.4 Å². The Morgan fingerprint density at radius 3 is 2.58 bits per heavy atom. The van der Waals surface area contributed by atoms with Crippen LogP contribution in [0.2, 0.25) is 0 Å². The summed E-state index contributed by atoms with van der Waals surface area (Å²) in [5.41, 5.74) is 2.12. The largest absolute Gasteiger partial charge is 0.311 e. The Bertz CT molecular complexity index is 1270. The second kappa shape index (κ2) is 10.6. The fourth-order valence-electron chi connectivity index (χ4n) is 5.57. The number of aryl methyl sites for hydroxylation is 1. The number of benzene rings is 2. The molecule has 0 radical (unpaired) electrons. The van der Waals surface area contributed by atoms with Gasteiger partial charge in [-0.1, -0.05) is 63.7 Å². The molecule has 5 rings (SSSR count). The third kappa shape index (κ3) is 5.38. The standard InChI is InChI=1S/C29H35F2N5O.CH4/c1-20-13-33-35(15-20)17-24-14-32-21(2)16-34(24)18-27(37)36-19-28(3,4)25-11-10-23(12-26(25)36)29(30,31)22-8-6-5-7-9-22;/h5-13,15,21,24,32H,14,16-19H2,1-4H3;1H4/t21-,24-;/m1./s1. The number of rotatable bonds is 6. The lowest BCUT2D eigenvalue weighted by Gasteiger charge is -2.39. The Balaban J connectivity index is 0.00000336. The van der Waals surface area contributed by atoms with Gasteiger partial charge in [-0.05, 0) is 31.0 Å². The fourth-order valence-corrected chi connectivity index (χ4v) is 5.57. The van der Waals surface area contributed by atoms with E-state index in [1.54, 1.807) is 29.2 Å². The van der Waals surface area contributed by atoms with Gasteiger partial charge in [-0.2, -0.15) is 13.9 Å². The monoisotopic (exact) mass is 523 g/mol. The molecule has 8 heteroatoms. The third-order valence-corrected chi connectivity index (χ3v) is 7.60. The Morgan fingerprint density at radius 2 is 1.89 bits per heavy atom. The van der Waals surface area contributed by atoms with Crippen molar-refractivity contribution in [1.29, 1.82) is 0 Å². The first kappa shape index (κ1) is 27.9. The van der Waals surface area contributed by atoms with Crippen molar-refractivity contribution in [2.24, 2.45) is 0 Å². The molecule has 1 N–H and O–H groups in total. The summed E-state index contributed by atoms with van der Waals surface area (Å²) in [6.07, 6.45) is 3.84. The summed E-state index contributed by atoms with van der Waals surface area (Å²) in [6.45, 7) is 11.1. The minimum Gasteiger partial charge on any atom is -0.311 e. The first-order valence-corrected chi connectivity index (χ1v) is 12.9. The van der Waals surface area contributed by atoms with E-state index >= 15 is 8.78 Å². The molecular formula is C30H39F2N5O. The summed E-state index contributed by atoms with van der Waals surface area (Å²) in [6, 6.07) is 13.0. The minimum atomic E-state index is -3.15. The molecule has 1 saturated heterocycles. The van der Waals surface area contributed by atoms with E-state index in [9.17, 15) is 4.79 Å². The van der Waals surface area contributed by atoms with E-state index in [1.807, 2.05) is 24.0 Å². The van der Waals surface area contributed by atoms with Crippen LogP contribution in [0.15, 0.2) is 60.9 Å². The summed E-state index contributed by atoms with van der Waals surface area (Å²) in [5, 5.41) is 7.93. The van der Waals surface area contributed by atoms with Crippen LogP contribution in [-0.4, -0.2) is 58.9 Å². The molecule has 3 heterocycles. The number of carbonyl (C=O) groups is 1. The van der Waals surface area contributed by atoms with Gasteiger partial charge < -0.3 is 10.2 Å². The molecule has 0 unspecified atom stereocenters. The van der Waals surface area contributed by atoms with Crippen molar-refractivity contribution < 1.29 is 13.6 Å². The van der Waals surface area contributed by atoms with E-state index in [0.29, 0.717) is 18.8 Å². The highest BCUT2D eigenvalue weighted by Gasteiger charge is 2.42. The number of aromatic nitrogens is 2. The molecule has 2 aromatic carbocycles. The molecule has 0 spiro atoms. The average Bonchev–Trinajstić information content (AvgIpc) is 3.40. The zero-order valence-electron chi connectivity index (χ0n) is 21.9. The molecule has 2 aliphatic rings. The molecule has 0 aliphatic carbocycles. The highest BCUT2D eigenvalue weighted by molar-refractivity contribution is 5.97. The molecule has 3 aromatic rings. The molecule has 38 heavy (non-hydrogen) atoms. The fraction of sp³-hybridized carbons (Fsp3) is 0.467. The predicted molar refractivity (Wildman–Crippen MR) is 148 cm³/mol. The van der Waals surface area contributed by atoms with Gasteiger partial charge in [-0.25, -0.2) is 0 Å². The van der Waals surface area contributed by atoms with Gasteiger partial charge in [0.2, 0.25) is 5.91 Å². The SMILES string of the molecule is C.Cc1cnn(C[C@H]2CN[C@H](C)CN2CC(=O)N2CC(C)(C)c3ccc(C(F)(F)c4ccccc4)cc32)c1. The number of halogens is 2. The maximum Gasteiger partial charge on any atom is 0.298 e. The molecule has 1 aromatic heterocycles.